The van der Waals surface area contributed by atoms with E-state index < -0.39 is 59.0 Å². The fraction of sp³-hybridized carbons (Fsp3) is 0.458. The number of methoxy groups -OCH3 is 1. The third-order valence-electron chi connectivity index (χ3n) is 6.29. The molecular formula is C24H25F5N2O5. The molecule has 1 aliphatic heterocycles. The van der Waals surface area contributed by atoms with Crippen LogP contribution in [0.1, 0.15) is 37.9 Å². The summed E-state index contributed by atoms with van der Waals surface area (Å²) in [5, 5.41) is 2.47. The van der Waals surface area contributed by atoms with Crippen LogP contribution in [0.2, 0.25) is 0 Å². The van der Waals surface area contributed by atoms with Crippen LogP contribution in [0.3, 0.4) is 0 Å². The number of pyridine rings is 1. The van der Waals surface area contributed by atoms with E-state index >= 15 is 0 Å². The molecule has 1 aromatic heterocycles. The van der Waals surface area contributed by atoms with Crippen LogP contribution in [0.25, 0.3) is 0 Å². The minimum Gasteiger partial charge on any atom is -0.493 e. The van der Waals surface area contributed by atoms with Crippen molar-refractivity contribution >= 4 is 17.6 Å². The van der Waals surface area contributed by atoms with Crippen LogP contribution >= 0.6 is 0 Å². The lowest BCUT2D eigenvalue weighted by Crippen LogP contribution is -2.47. The Labute approximate surface area is 203 Å². The first-order valence-electron chi connectivity index (χ1n) is 11.0. The Balaban J connectivity index is 1.98. The molecule has 12 heteroatoms. The number of carbonyl (C=O) groups is 2. The highest BCUT2D eigenvalue weighted by molar-refractivity contribution is 5.95. The van der Waals surface area contributed by atoms with E-state index in [1.807, 2.05) is 0 Å². The van der Waals surface area contributed by atoms with Gasteiger partial charge < -0.3 is 19.5 Å². The van der Waals surface area contributed by atoms with Gasteiger partial charge in [0.25, 0.3) is 5.91 Å². The van der Waals surface area contributed by atoms with E-state index in [1.54, 1.807) is 6.92 Å². The van der Waals surface area contributed by atoms with Gasteiger partial charge in [0.05, 0.1) is 25.8 Å². The molecule has 1 fully saturated rings. The Hall–Kier alpha value is -3.28. The van der Waals surface area contributed by atoms with E-state index in [0.29, 0.717) is 0 Å². The summed E-state index contributed by atoms with van der Waals surface area (Å²) in [6.07, 6.45) is -5.51. The maximum Gasteiger partial charge on any atom is 0.417 e. The standard InChI is InChI=1S/C24H25F5N2O5/c1-5-35-17(32)11-14-10-13(8-9-30-14)31-22(33)21-18(12(2)23(3,36-21)24(27,28)29)15-6-7-16(25)19(26)20(15)34-4/h6-10,12,18,21H,5,11H2,1-4H3,(H,30,31,33)/t12-,18-,21+,23+/m0/s1. The Bertz CT molecular complexity index is 1140. The molecule has 1 amide bonds. The van der Waals surface area contributed by atoms with Crippen LogP contribution in [0.15, 0.2) is 30.5 Å². The second kappa shape index (κ2) is 10.4. The second-order valence-electron chi connectivity index (χ2n) is 8.45. The molecule has 0 radical (unpaired) electrons. The SMILES string of the molecule is CCOC(=O)Cc1cc(NC(=O)[C@@H]2O[C@@](C)(C(F)(F)F)[C@@H](C)[C@H]2c2ccc(F)c(F)c2OC)ccn1. The molecule has 7 nitrogen and oxygen atoms in total. The lowest BCUT2D eigenvalue weighted by atomic mass is 9.77. The molecule has 1 aromatic carbocycles. The van der Waals surface area contributed by atoms with Gasteiger partial charge in [0, 0.05) is 29.3 Å². The summed E-state index contributed by atoms with van der Waals surface area (Å²) in [5.41, 5.74) is -2.52. The smallest absolute Gasteiger partial charge is 0.417 e. The number of nitrogens with one attached hydrogen (secondary N) is 1. The first-order valence-corrected chi connectivity index (χ1v) is 11.0. The number of nitrogens with zero attached hydrogens (tertiary/aromatic N) is 1. The second-order valence-corrected chi connectivity index (χ2v) is 8.45. The number of hydrogen-bond donors (Lipinski definition) is 1. The molecule has 0 saturated carbocycles. The van der Waals surface area contributed by atoms with E-state index in [9.17, 15) is 31.5 Å². The third kappa shape index (κ3) is 5.13. The lowest BCUT2D eigenvalue weighted by molar-refractivity contribution is -0.272. The summed E-state index contributed by atoms with van der Waals surface area (Å²) in [5.74, 6) is -7.49. The van der Waals surface area contributed by atoms with E-state index in [4.69, 9.17) is 14.2 Å². The maximum atomic E-state index is 14.4. The average Bonchev–Trinajstić information content (AvgIpc) is 3.08. The van der Waals surface area contributed by atoms with Crippen LogP contribution < -0.4 is 10.1 Å². The molecule has 3 rings (SSSR count). The number of halogens is 5. The first-order chi connectivity index (χ1) is 16.8. The number of carbonyl (C=O) groups excluding carboxylic acids is 2. The predicted molar refractivity (Wildman–Crippen MR) is 117 cm³/mol. The van der Waals surface area contributed by atoms with Gasteiger partial charge in [-0.2, -0.15) is 17.6 Å². The molecule has 0 unspecified atom stereocenters. The molecule has 196 valence electrons. The summed E-state index contributed by atoms with van der Waals surface area (Å²) >= 11 is 0. The molecule has 1 saturated heterocycles. The van der Waals surface area contributed by atoms with Crippen molar-refractivity contribution in [3.05, 3.63) is 53.4 Å². The largest absolute Gasteiger partial charge is 0.493 e. The van der Waals surface area contributed by atoms with Crippen molar-refractivity contribution in [1.29, 1.82) is 0 Å². The Morgan fingerprint density at radius 1 is 1.22 bits per heavy atom. The molecular weight excluding hydrogens is 491 g/mol. The zero-order valence-electron chi connectivity index (χ0n) is 19.9. The predicted octanol–water partition coefficient (Wildman–Crippen LogP) is 4.55. The van der Waals surface area contributed by atoms with E-state index in [2.05, 4.69) is 10.3 Å². The summed E-state index contributed by atoms with van der Waals surface area (Å²) < 4.78 is 85.5. The number of ether oxygens (including phenoxy) is 3. The van der Waals surface area contributed by atoms with Crippen molar-refractivity contribution in [3.63, 3.8) is 0 Å². The van der Waals surface area contributed by atoms with Gasteiger partial charge in [-0.1, -0.05) is 13.0 Å². The van der Waals surface area contributed by atoms with E-state index in [1.165, 1.54) is 25.3 Å². The lowest BCUT2D eigenvalue weighted by Gasteiger charge is -2.32. The highest BCUT2D eigenvalue weighted by Crippen LogP contribution is 2.55. The zero-order valence-corrected chi connectivity index (χ0v) is 19.9. The summed E-state index contributed by atoms with van der Waals surface area (Å²) in [6, 6.07) is 4.57. The number of benzene rings is 1. The van der Waals surface area contributed by atoms with Crippen molar-refractivity contribution < 1.29 is 45.8 Å². The van der Waals surface area contributed by atoms with Crippen molar-refractivity contribution in [2.45, 2.75) is 51.0 Å². The highest BCUT2D eigenvalue weighted by Gasteiger charge is 2.65. The van der Waals surface area contributed by atoms with Crippen LogP contribution in [0.5, 0.6) is 5.75 Å². The molecule has 36 heavy (non-hydrogen) atoms. The molecule has 0 spiro atoms. The van der Waals surface area contributed by atoms with Crippen LogP contribution in [-0.2, 0) is 25.5 Å². The van der Waals surface area contributed by atoms with Crippen LogP contribution in [0.4, 0.5) is 27.6 Å². The summed E-state index contributed by atoms with van der Waals surface area (Å²) in [7, 11) is 1.04. The van der Waals surface area contributed by atoms with Gasteiger partial charge in [0.15, 0.2) is 17.2 Å². The number of esters is 1. The normalized spacial score (nSPS) is 23.9. The van der Waals surface area contributed by atoms with Crippen LogP contribution in [0, 0.1) is 17.6 Å². The Morgan fingerprint density at radius 2 is 1.92 bits per heavy atom. The molecule has 0 aliphatic carbocycles. The molecule has 2 aromatic rings. The zero-order chi connectivity index (χ0) is 26.8. The average molecular weight is 516 g/mol. The molecule has 2 heterocycles. The topological polar surface area (TPSA) is 86.8 Å². The number of alkyl halides is 3. The van der Waals surface area contributed by atoms with Crippen molar-refractivity contribution in [2.75, 3.05) is 19.0 Å². The first kappa shape index (κ1) is 27.3. The van der Waals surface area contributed by atoms with Gasteiger partial charge in [-0.15, -0.1) is 0 Å². The van der Waals surface area contributed by atoms with Gasteiger partial charge in [0.1, 0.15) is 6.10 Å². The molecule has 4 atom stereocenters. The minimum absolute atomic E-state index is 0.141. The Morgan fingerprint density at radius 3 is 2.53 bits per heavy atom. The number of hydrogen-bond acceptors (Lipinski definition) is 6. The number of anilines is 1. The number of amides is 1. The van der Waals surface area contributed by atoms with E-state index in [-0.39, 0.29) is 30.0 Å². The van der Waals surface area contributed by atoms with Gasteiger partial charge in [-0.3, -0.25) is 14.6 Å². The fourth-order valence-electron chi connectivity index (χ4n) is 4.27. The van der Waals surface area contributed by atoms with Gasteiger partial charge in [0.2, 0.25) is 5.82 Å². The number of aromatic nitrogens is 1. The Kier molecular flexibility index (Phi) is 7.87. The third-order valence-corrected chi connectivity index (χ3v) is 6.29. The minimum atomic E-state index is -4.88. The molecule has 0 bridgehead atoms. The molecule has 1 N–H and O–H groups in total. The quantitative estimate of drug-likeness (QED) is 0.429. The maximum absolute atomic E-state index is 14.4. The number of rotatable bonds is 7. The monoisotopic (exact) mass is 516 g/mol. The highest BCUT2D eigenvalue weighted by atomic mass is 19.4. The molecule has 1 aliphatic rings. The van der Waals surface area contributed by atoms with E-state index in [0.717, 1.165) is 26.2 Å². The van der Waals surface area contributed by atoms with Gasteiger partial charge in [-0.25, -0.2) is 4.39 Å². The van der Waals surface area contributed by atoms with Crippen molar-refractivity contribution in [3.8, 4) is 5.75 Å². The summed E-state index contributed by atoms with van der Waals surface area (Å²) in [4.78, 5) is 29.0. The van der Waals surface area contributed by atoms with Crippen molar-refractivity contribution in [1.82, 2.24) is 4.98 Å². The fourth-order valence-corrected chi connectivity index (χ4v) is 4.27. The summed E-state index contributed by atoms with van der Waals surface area (Å²) in [6.45, 7) is 3.82. The van der Waals surface area contributed by atoms with Gasteiger partial charge in [-0.05, 0) is 32.0 Å². The van der Waals surface area contributed by atoms with Crippen molar-refractivity contribution in [2.24, 2.45) is 5.92 Å². The van der Waals surface area contributed by atoms with Crippen LogP contribution in [-0.4, -0.2) is 48.5 Å². The van der Waals surface area contributed by atoms with Gasteiger partial charge >= 0.3 is 12.1 Å².